The summed E-state index contributed by atoms with van der Waals surface area (Å²) in [6, 6.07) is 16.5. The second-order valence-electron chi connectivity index (χ2n) is 9.42. The maximum atomic E-state index is 13.5. The minimum Gasteiger partial charge on any atom is -0.342 e. The van der Waals surface area contributed by atoms with E-state index in [9.17, 15) is 17.4 Å². The first-order chi connectivity index (χ1) is 17.4. The van der Waals surface area contributed by atoms with Crippen LogP contribution in [0.5, 0.6) is 0 Å². The second kappa shape index (κ2) is 12.3. The predicted octanol–water partition coefficient (Wildman–Crippen LogP) is 3.58. The van der Waals surface area contributed by atoms with Crippen molar-refractivity contribution >= 4 is 26.9 Å². The van der Waals surface area contributed by atoms with Gasteiger partial charge in [0.05, 0.1) is 10.8 Å². The molecule has 3 unspecified atom stereocenters. The molecule has 2 heterocycles. The van der Waals surface area contributed by atoms with E-state index in [1.54, 1.807) is 24.3 Å². The molecule has 0 spiro atoms. The van der Waals surface area contributed by atoms with Crippen molar-refractivity contribution in [3.8, 4) is 0 Å². The van der Waals surface area contributed by atoms with E-state index < -0.39 is 21.0 Å². The molecule has 36 heavy (non-hydrogen) atoms. The van der Waals surface area contributed by atoms with Gasteiger partial charge in [-0.2, -0.15) is 4.31 Å². The smallest absolute Gasteiger partial charge is 0.243 e. The van der Waals surface area contributed by atoms with Crippen LogP contribution in [0.1, 0.15) is 49.1 Å². The number of likely N-dealkylation sites (tertiary alicyclic amines) is 1. The van der Waals surface area contributed by atoms with E-state index in [0.717, 1.165) is 49.9 Å². The third-order valence-corrected chi connectivity index (χ3v) is 9.79. The Bertz CT molecular complexity index is 1160. The third kappa shape index (κ3) is 6.32. The van der Waals surface area contributed by atoms with Crippen molar-refractivity contribution in [3.63, 3.8) is 0 Å². The first-order valence-electron chi connectivity index (χ1n) is 12.6. The number of carbonyl (C=O) groups is 1. The highest BCUT2D eigenvalue weighted by molar-refractivity contribution is 7.89. The Morgan fingerprint density at radius 3 is 2.39 bits per heavy atom. The lowest BCUT2D eigenvalue weighted by Gasteiger charge is -2.31. The number of hydrogen-bond acceptors (Lipinski definition) is 4. The predicted molar refractivity (Wildman–Crippen MR) is 143 cm³/mol. The average Bonchev–Trinajstić information content (AvgIpc) is 3.41. The quantitative estimate of drug-likeness (QED) is 0.510. The number of piperidine rings is 1. The largest absolute Gasteiger partial charge is 0.342 e. The van der Waals surface area contributed by atoms with Gasteiger partial charge in [0.15, 0.2) is 0 Å². The summed E-state index contributed by atoms with van der Waals surface area (Å²) in [6.07, 6.45) is 5.23. The first-order valence-corrected chi connectivity index (χ1v) is 15.3. The van der Waals surface area contributed by atoms with E-state index in [1.165, 1.54) is 9.71 Å². The fraction of sp³-hybridized carbons (Fsp3) is 0.444. The molecule has 2 aromatic rings. The summed E-state index contributed by atoms with van der Waals surface area (Å²) < 4.78 is 42.9. The van der Waals surface area contributed by atoms with Crippen LogP contribution < -0.4 is 4.72 Å². The molecular formula is C27H35N3O4S2. The molecule has 0 radical (unpaired) electrons. The molecule has 9 heteroatoms. The summed E-state index contributed by atoms with van der Waals surface area (Å²) in [5, 5.41) is 1.30. The monoisotopic (exact) mass is 529 g/mol. The Morgan fingerprint density at radius 1 is 1.03 bits per heavy atom. The highest BCUT2D eigenvalue weighted by Crippen LogP contribution is 2.29. The third-order valence-electron chi connectivity index (χ3n) is 7.07. The average molecular weight is 530 g/mol. The van der Waals surface area contributed by atoms with Crippen molar-refractivity contribution in [3.05, 3.63) is 77.7 Å². The minimum absolute atomic E-state index is 0.107. The number of rotatable bonds is 10. The van der Waals surface area contributed by atoms with E-state index in [-0.39, 0.29) is 22.8 Å². The Labute approximate surface area is 217 Å². The summed E-state index contributed by atoms with van der Waals surface area (Å²) in [5.41, 5.74) is 1.91. The van der Waals surface area contributed by atoms with Crippen molar-refractivity contribution in [2.75, 3.05) is 26.2 Å². The second-order valence-corrected chi connectivity index (χ2v) is 12.5. The zero-order valence-electron chi connectivity index (χ0n) is 20.6. The molecule has 7 nitrogen and oxygen atoms in total. The number of carbonyl (C=O) groups excluding carboxylic acids is 1. The van der Waals surface area contributed by atoms with Crippen LogP contribution >= 0.6 is 0 Å². The normalized spacial score (nSPS) is 20.7. The SMILES string of the molecule is C=CS(=O)NCC1CCCN1S(=O)(=O)c1ccc(C(Cc2ccccc2)C(=O)N2CCCCC2)cc1. The molecule has 1 amide bonds. The lowest BCUT2D eigenvalue weighted by Crippen LogP contribution is -2.41. The van der Waals surface area contributed by atoms with E-state index in [2.05, 4.69) is 11.3 Å². The van der Waals surface area contributed by atoms with Gasteiger partial charge in [-0.05, 0) is 61.8 Å². The highest BCUT2D eigenvalue weighted by Gasteiger charge is 2.35. The standard InChI is InChI=1S/C27H35N3O4S2/c1-2-35(32)28-21-24-12-9-19-30(24)36(33,34)25-15-13-23(14-16-25)26(20-22-10-5-3-6-11-22)27(31)29-17-7-4-8-18-29/h2-3,5-6,10-11,13-16,24,26,28H,1,4,7-9,12,17-21H2. The van der Waals surface area contributed by atoms with Crippen molar-refractivity contribution in [1.82, 2.24) is 13.9 Å². The lowest BCUT2D eigenvalue weighted by molar-refractivity contribution is -0.133. The van der Waals surface area contributed by atoms with Crippen LogP contribution in [0.25, 0.3) is 0 Å². The molecule has 2 fully saturated rings. The van der Waals surface area contributed by atoms with Crippen LogP contribution in [0, 0.1) is 0 Å². The number of nitrogens with zero attached hydrogens (tertiary/aromatic N) is 2. The number of sulfonamides is 1. The van der Waals surface area contributed by atoms with Crippen LogP contribution in [0.3, 0.4) is 0 Å². The Kier molecular flexibility index (Phi) is 9.11. The van der Waals surface area contributed by atoms with Crippen molar-refractivity contribution < 1.29 is 17.4 Å². The van der Waals surface area contributed by atoms with Crippen LogP contribution in [-0.4, -0.2) is 60.0 Å². The maximum Gasteiger partial charge on any atom is 0.243 e. The molecule has 2 aromatic carbocycles. The number of benzene rings is 2. The van der Waals surface area contributed by atoms with Crippen LogP contribution in [0.15, 0.2) is 71.5 Å². The summed E-state index contributed by atoms with van der Waals surface area (Å²) in [5.74, 6) is -0.255. The van der Waals surface area contributed by atoms with Crippen molar-refractivity contribution in [2.24, 2.45) is 0 Å². The van der Waals surface area contributed by atoms with Crippen molar-refractivity contribution in [1.29, 1.82) is 0 Å². The van der Waals surface area contributed by atoms with Gasteiger partial charge in [0.1, 0.15) is 11.0 Å². The zero-order valence-corrected chi connectivity index (χ0v) is 22.2. The summed E-state index contributed by atoms with van der Waals surface area (Å²) >= 11 is 0. The van der Waals surface area contributed by atoms with Crippen LogP contribution in [-0.2, 0) is 32.2 Å². The van der Waals surface area contributed by atoms with Gasteiger partial charge in [-0.3, -0.25) is 4.79 Å². The zero-order chi connectivity index (χ0) is 25.5. The molecule has 0 aliphatic carbocycles. The Morgan fingerprint density at radius 2 is 1.72 bits per heavy atom. The topological polar surface area (TPSA) is 86.8 Å². The number of hydrogen-bond donors (Lipinski definition) is 1. The number of nitrogens with one attached hydrogen (secondary N) is 1. The van der Waals surface area contributed by atoms with Gasteiger partial charge in [-0.1, -0.05) is 49.0 Å². The van der Waals surface area contributed by atoms with Gasteiger partial charge >= 0.3 is 0 Å². The molecule has 0 bridgehead atoms. The van der Waals surface area contributed by atoms with Gasteiger partial charge in [0, 0.05) is 37.6 Å². The molecule has 0 aromatic heterocycles. The molecule has 2 saturated heterocycles. The highest BCUT2D eigenvalue weighted by atomic mass is 32.2. The number of amides is 1. The van der Waals surface area contributed by atoms with Crippen LogP contribution in [0.4, 0.5) is 0 Å². The summed E-state index contributed by atoms with van der Waals surface area (Å²) in [4.78, 5) is 15.7. The van der Waals surface area contributed by atoms with E-state index in [0.29, 0.717) is 25.9 Å². The van der Waals surface area contributed by atoms with Gasteiger partial charge in [0.2, 0.25) is 15.9 Å². The van der Waals surface area contributed by atoms with E-state index >= 15 is 0 Å². The molecule has 194 valence electrons. The first kappa shape index (κ1) is 26.7. The fourth-order valence-electron chi connectivity index (χ4n) is 5.11. The van der Waals surface area contributed by atoms with Gasteiger partial charge < -0.3 is 4.90 Å². The molecule has 0 saturated carbocycles. The molecule has 3 atom stereocenters. The summed E-state index contributed by atoms with van der Waals surface area (Å²) in [6.45, 7) is 5.78. The Balaban J connectivity index is 1.55. The molecule has 2 aliphatic rings. The molecule has 2 aliphatic heterocycles. The van der Waals surface area contributed by atoms with E-state index in [1.807, 2.05) is 35.2 Å². The minimum atomic E-state index is -3.71. The summed E-state index contributed by atoms with van der Waals surface area (Å²) in [7, 11) is -5.10. The molecular weight excluding hydrogens is 494 g/mol. The molecule has 4 rings (SSSR count). The Hall–Kier alpha value is -2.33. The van der Waals surface area contributed by atoms with E-state index in [4.69, 9.17) is 0 Å². The van der Waals surface area contributed by atoms with Crippen molar-refractivity contribution in [2.45, 2.75) is 55.4 Å². The maximum absolute atomic E-state index is 13.5. The van der Waals surface area contributed by atoms with Crippen LogP contribution in [0.2, 0.25) is 0 Å². The fourth-order valence-corrected chi connectivity index (χ4v) is 7.27. The van der Waals surface area contributed by atoms with Gasteiger partial charge in [-0.25, -0.2) is 17.3 Å². The lowest BCUT2D eigenvalue weighted by atomic mass is 9.90. The molecule has 1 N–H and O–H groups in total. The van der Waals surface area contributed by atoms with Gasteiger partial charge in [0.25, 0.3) is 0 Å². The van der Waals surface area contributed by atoms with Gasteiger partial charge in [-0.15, -0.1) is 0 Å².